The summed E-state index contributed by atoms with van der Waals surface area (Å²) in [6.45, 7) is 2.21. The van der Waals surface area contributed by atoms with Gasteiger partial charge in [-0.25, -0.2) is 0 Å². The Labute approximate surface area is 120 Å². The van der Waals surface area contributed by atoms with Crippen LogP contribution < -0.4 is 10.5 Å². The molecule has 0 amide bonds. The molecular weight excluding hydrogens is 254 g/mol. The van der Waals surface area contributed by atoms with Crippen LogP contribution in [0, 0.1) is 5.41 Å². The third-order valence-corrected chi connectivity index (χ3v) is 4.27. The van der Waals surface area contributed by atoms with Crippen molar-refractivity contribution in [2.75, 3.05) is 7.11 Å². The van der Waals surface area contributed by atoms with Gasteiger partial charge in [0, 0.05) is 6.04 Å². The van der Waals surface area contributed by atoms with Crippen molar-refractivity contribution in [1.82, 2.24) is 0 Å². The fourth-order valence-electron chi connectivity index (χ4n) is 2.65. The summed E-state index contributed by atoms with van der Waals surface area (Å²) < 4.78 is 10.6. The van der Waals surface area contributed by atoms with Crippen molar-refractivity contribution in [3.05, 3.63) is 29.8 Å². The lowest BCUT2D eigenvalue weighted by molar-refractivity contribution is -0.159. The zero-order chi connectivity index (χ0) is 14.6. The van der Waals surface area contributed by atoms with Gasteiger partial charge in [0.1, 0.15) is 12.4 Å². The number of esters is 1. The van der Waals surface area contributed by atoms with Gasteiger partial charge in [0.2, 0.25) is 0 Å². The van der Waals surface area contributed by atoms with Gasteiger partial charge < -0.3 is 15.2 Å². The minimum Gasteiger partial charge on any atom is -0.497 e. The first-order valence-electron chi connectivity index (χ1n) is 7.12. The summed E-state index contributed by atoms with van der Waals surface area (Å²) in [4.78, 5) is 12.3. The summed E-state index contributed by atoms with van der Waals surface area (Å²) in [7, 11) is 1.63. The Morgan fingerprint density at radius 3 is 2.65 bits per heavy atom. The van der Waals surface area contributed by atoms with Crippen molar-refractivity contribution in [2.45, 2.75) is 45.3 Å². The highest BCUT2D eigenvalue weighted by atomic mass is 16.5. The second-order valence-corrected chi connectivity index (χ2v) is 5.69. The Hall–Kier alpha value is -1.55. The molecule has 2 N–H and O–H groups in total. The van der Waals surface area contributed by atoms with Crippen LogP contribution in [0.15, 0.2) is 24.3 Å². The van der Waals surface area contributed by atoms with E-state index in [-0.39, 0.29) is 18.6 Å². The van der Waals surface area contributed by atoms with Gasteiger partial charge in [0.15, 0.2) is 0 Å². The zero-order valence-electron chi connectivity index (χ0n) is 12.2. The van der Waals surface area contributed by atoms with E-state index in [2.05, 4.69) is 0 Å². The fraction of sp³-hybridized carbons (Fsp3) is 0.562. The van der Waals surface area contributed by atoms with E-state index in [0.29, 0.717) is 0 Å². The van der Waals surface area contributed by atoms with Gasteiger partial charge in [-0.1, -0.05) is 25.0 Å². The second-order valence-electron chi connectivity index (χ2n) is 5.69. The molecule has 0 heterocycles. The smallest absolute Gasteiger partial charge is 0.313 e. The summed E-state index contributed by atoms with van der Waals surface area (Å²) in [5, 5.41) is 0. The van der Waals surface area contributed by atoms with E-state index in [1.807, 2.05) is 31.2 Å². The summed E-state index contributed by atoms with van der Waals surface area (Å²) >= 11 is 0. The van der Waals surface area contributed by atoms with Crippen LogP contribution in [0.25, 0.3) is 0 Å². The monoisotopic (exact) mass is 277 g/mol. The number of carbonyl (C=O) groups is 1. The maximum absolute atomic E-state index is 12.3. The normalized spacial score (nSPS) is 26.1. The summed E-state index contributed by atoms with van der Waals surface area (Å²) in [6, 6.07) is 7.42. The molecule has 110 valence electrons. The van der Waals surface area contributed by atoms with Crippen LogP contribution in [0.5, 0.6) is 5.75 Å². The van der Waals surface area contributed by atoms with E-state index in [1.54, 1.807) is 7.11 Å². The summed E-state index contributed by atoms with van der Waals surface area (Å²) in [5.41, 5.74) is 6.52. The van der Waals surface area contributed by atoms with E-state index < -0.39 is 5.41 Å². The standard InChI is InChI=1S/C16H23NO3/c1-16(10-4-3-5-14(16)17)15(18)20-11-12-6-8-13(19-2)9-7-12/h6-9,14H,3-5,10-11,17H2,1-2H3. The number of benzene rings is 1. The summed E-state index contributed by atoms with van der Waals surface area (Å²) in [6.07, 6.45) is 3.86. The Bertz CT molecular complexity index is 457. The Kier molecular flexibility index (Phi) is 4.65. The predicted molar refractivity (Wildman–Crippen MR) is 77.3 cm³/mol. The first kappa shape index (κ1) is 14.9. The molecule has 1 saturated carbocycles. The van der Waals surface area contributed by atoms with Crippen LogP contribution in [-0.4, -0.2) is 19.1 Å². The topological polar surface area (TPSA) is 61.5 Å². The van der Waals surface area contributed by atoms with E-state index in [9.17, 15) is 4.79 Å². The third kappa shape index (κ3) is 3.12. The number of ether oxygens (including phenoxy) is 2. The number of methoxy groups -OCH3 is 1. The van der Waals surface area contributed by atoms with Gasteiger partial charge in [-0.3, -0.25) is 4.79 Å². The van der Waals surface area contributed by atoms with E-state index in [0.717, 1.165) is 37.0 Å². The molecule has 4 nitrogen and oxygen atoms in total. The van der Waals surface area contributed by atoms with Crippen LogP contribution >= 0.6 is 0 Å². The number of carbonyl (C=O) groups excluding carboxylic acids is 1. The lowest BCUT2D eigenvalue weighted by atomic mass is 9.72. The number of hydrogen-bond acceptors (Lipinski definition) is 4. The highest BCUT2D eigenvalue weighted by Gasteiger charge is 2.42. The molecular formula is C16H23NO3. The number of rotatable bonds is 4. The molecule has 0 saturated heterocycles. The second kappa shape index (κ2) is 6.27. The molecule has 4 heteroatoms. The number of nitrogens with two attached hydrogens (primary N) is 1. The molecule has 1 aliphatic carbocycles. The molecule has 0 bridgehead atoms. The van der Waals surface area contributed by atoms with Gasteiger partial charge in [-0.05, 0) is 37.5 Å². The van der Waals surface area contributed by atoms with Gasteiger partial charge in [0.05, 0.1) is 12.5 Å². The van der Waals surface area contributed by atoms with Gasteiger partial charge >= 0.3 is 5.97 Å². The molecule has 2 atom stereocenters. The van der Waals surface area contributed by atoms with Crippen LogP contribution in [-0.2, 0) is 16.1 Å². The van der Waals surface area contributed by atoms with Crippen molar-refractivity contribution in [3.8, 4) is 5.75 Å². The SMILES string of the molecule is COc1ccc(COC(=O)C2(C)CCCCC2N)cc1. The first-order chi connectivity index (χ1) is 9.56. The highest BCUT2D eigenvalue weighted by Crippen LogP contribution is 2.36. The Balaban J connectivity index is 1.93. The van der Waals surface area contributed by atoms with Crippen LogP contribution in [0.3, 0.4) is 0 Å². The lowest BCUT2D eigenvalue weighted by Gasteiger charge is -2.36. The number of hydrogen-bond donors (Lipinski definition) is 1. The first-order valence-corrected chi connectivity index (χ1v) is 7.12. The third-order valence-electron chi connectivity index (χ3n) is 4.27. The van der Waals surface area contributed by atoms with Gasteiger partial charge in [-0.2, -0.15) is 0 Å². The van der Waals surface area contributed by atoms with E-state index in [1.165, 1.54) is 0 Å². The van der Waals surface area contributed by atoms with Crippen LogP contribution in [0.1, 0.15) is 38.2 Å². The van der Waals surface area contributed by atoms with E-state index >= 15 is 0 Å². The molecule has 0 radical (unpaired) electrons. The maximum Gasteiger partial charge on any atom is 0.313 e. The average molecular weight is 277 g/mol. The molecule has 1 fully saturated rings. The van der Waals surface area contributed by atoms with Crippen LogP contribution in [0.4, 0.5) is 0 Å². The van der Waals surface area contributed by atoms with Gasteiger partial charge in [-0.15, -0.1) is 0 Å². The van der Waals surface area contributed by atoms with Crippen molar-refractivity contribution in [3.63, 3.8) is 0 Å². The molecule has 1 aromatic rings. The largest absolute Gasteiger partial charge is 0.497 e. The maximum atomic E-state index is 12.3. The van der Waals surface area contributed by atoms with Gasteiger partial charge in [0.25, 0.3) is 0 Å². The minimum atomic E-state index is -0.537. The molecule has 20 heavy (non-hydrogen) atoms. The molecule has 0 spiro atoms. The predicted octanol–water partition coefficient (Wildman–Crippen LogP) is 2.65. The van der Waals surface area contributed by atoms with E-state index in [4.69, 9.17) is 15.2 Å². The molecule has 0 aromatic heterocycles. The average Bonchev–Trinajstić information content (AvgIpc) is 2.48. The Morgan fingerprint density at radius 1 is 1.35 bits per heavy atom. The van der Waals surface area contributed by atoms with Crippen molar-refractivity contribution < 1.29 is 14.3 Å². The fourth-order valence-corrected chi connectivity index (χ4v) is 2.65. The minimum absolute atomic E-state index is 0.0976. The van der Waals surface area contributed by atoms with Crippen molar-refractivity contribution in [2.24, 2.45) is 11.1 Å². The zero-order valence-corrected chi connectivity index (χ0v) is 12.2. The molecule has 1 aliphatic rings. The van der Waals surface area contributed by atoms with Crippen LogP contribution in [0.2, 0.25) is 0 Å². The molecule has 2 rings (SSSR count). The lowest BCUT2D eigenvalue weighted by Crippen LogP contribution is -2.48. The summed E-state index contributed by atoms with van der Waals surface area (Å²) in [5.74, 6) is 0.613. The van der Waals surface area contributed by atoms with Crippen molar-refractivity contribution in [1.29, 1.82) is 0 Å². The molecule has 2 unspecified atom stereocenters. The highest BCUT2D eigenvalue weighted by molar-refractivity contribution is 5.77. The molecule has 1 aromatic carbocycles. The quantitative estimate of drug-likeness (QED) is 0.859. The molecule has 0 aliphatic heterocycles. The Morgan fingerprint density at radius 2 is 2.05 bits per heavy atom. The van der Waals surface area contributed by atoms with Crippen molar-refractivity contribution >= 4 is 5.97 Å².